The van der Waals surface area contributed by atoms with Gasteiger partial charge in [-0.05, 0) is 70.5 Å². The Morgan fingerprint density at radius 2 is 1.69 bits per heavy atom. The summed E-state index contributed by atoms with van der Waals surface area (Å²) in [5.74, 6) is 1.01. The van der Waals surface area contributed by atoms with Crippen molar-refractivity contribution in [2.75, 3.05) is 10.6 Å². The third-order valence-corrected chi connectivity index (χ3v) is 6.91. The van der Waals surface area contributed by atoms with Crippen LogP contribution in [0.25, 0.3) is 0 Å². The second-order valence-corrected chi connectivity index (χ2v) is 11.4. The minimum atomic E-state index is -3.65. The molecule has 0 atom stereocenters. The van der Waals surface area contributed by atoms with Gasteiger partial charge in [0.25, 0.3) is 0 Å². The summed E-state index contributed by atoms with van der Waals surface area (Å²) < 4.78 is 30.2. The zero-order chi connectivity index (χ0) is 25.9. The first-order valence-electron chi connectivity index (χ1n) is 11.6. The summed E-state index contributed by atoms with van der Waals surface area (Å²) in [4.78, 5) is 13.4. The molecule has 0 radical (unpaired) electrons. The van der Waals surface area contributed by atoms with Gasteiger partial charge in [0.05, 0.1) is 16.9 Å². The maximum atomic E-state index is 12.7. The standard InChI is InChI=1S/C26H31N7O2S/c1-18-14-27-25(30-21-11-9-20(10-12-21)16-33-15-19(2)28-17-33)31-24(18)29-22-7-6-8-23(13-22)36(34,35)32-26(3,4)5/h6-15,17,32H,16H2,1-5H3,(H2,27,29,30,31). The molecule has 2 heterocycles. The molecule has 0 saturated carbocycles. The Bertz CT molecular complexity index is 1460. The summed E-state index contributed by atoms with van der Waals surface area (Å²) in [6.45, 7) is 10.0. The second kappa shape index (κ2) is 10.1. The fourth-order valence-electron chi connectivity index (χ4n) is 3.56. The summed E-state index contributed by atoms with van der Waals surface area (Å²) in [6, 6.07) is 14.7. The molecule has 4 aromatic rings. The molecule has 0 aliphatic rings. The molecule has 3 N–H and O–H groups in total. The van der Waals surface area contributed by atoms with Gasteiger partial charge in [0.1, 0.15) is 5.82 Å². The number of aromatic nitrogens is 4. The van der Waals surface area contributed by atoms with E-state index < -0.39 is 15.6 Å². The molecule has 0 bridgehead atoms. The van der Waals surface area contributed by atoms with Crippen molar-refractivity contribution in [2.24, 2.45) is 0 Å². The summed E-state index contributed by atoms with van der Waals surface area (Å²) in [6.07, 6.45) is 5.55. The molecular weight excluding hydrogens is 474 g/mol. The van der Waals surface area contributed by atoms with Crippen LogP contribution in [-0.2, 0) is 16.6 Å². The van der Waals surface area contributed by atoms with E-state index in [0.29, 0.717) is 17.5 Å². The number of benzene rings is 2. The Labute approximate surface area is 212 Å². The SMILES string of the molecule is Cc1cn(Cc2ccc(Nc3ncc(C)c(Nc4cccc(S(=O)(=O)NC(C)(C)C)c4)n3)cc2)cn1. The molecule has 0 spiro atoms. The van der Waals surface area contributed by atoms with Crippen LogP contribution >= 0.6 is 0 Å². The third kappa shape index (κ3) is 6.67. The van der Waals surface area contributed by atoms with Crippen molar-refractivity contribution in [3.05, 3.63) is 84.1 Å². The number of imidazole rings is 1. The van der Waals surface area contributed by atoms with Gasteiger partial charge in [-0.15, -0.1) is 0 Å². The molecule has 188 valence electrons. The quantitative estimate of drug-likeness (QED) is 0.312. The molecule has 2 aromatic heterocycles. The number of hydrogen-bond acceptors (Lipinski definition) is 7. The molecule has 0 saturated heterocycles. The van der Waals surface area contributed by atoms with Crippen LogP contribution in [0, 0.1) is 13.8 Å². The zero-order valence-electron chi connectivity index (χ0n) is 21.1. The van der Waals surface area contributed by atoms with Gasteiger partial charge in [0, 0.05) is 41.4 Å². The summed E-state index contributed by atoms with van der Waals surface area (Å²) in [5.41, 5.74) is 3.86. The number of sulfonamides is 1. The van der Waals surface area contributed by atoms with Crippen molar-refractivity contribution >= 4 is 33.2 Å². The van der Waals surface area contributed by atoms with Crippen LogP contribution in [0.5, 0.6) is 0 Å². The lowest BCUT2D eigenvalue weighted by Gasteiger charge is -2.20. The molecule has 0 aliphatic heterocycles. The molecule has 0 aliphatic carbocycles. The topological polar surface area (TPSA) is 114 Å². The lowest BCUT2D eigenvalue weighted by molar-refractivity contribution is 0.491. The number of nitrogens with one attached hydrogen (secondary N) is 3. The highest BCUT2D eigenvalue weighted by Crippen LogP contribution is 2.24. The number of nitrogens with zero attached hydrogens (tertiary/aromatic N) is 4. The van der Waals surface area contributed by atoms with E-state index >= 15 is 0 Å². The highest BCUT2D eigenvalue weighted by molar-refractivity contribution is 7.89. The van der Waals surface area contributed by atoms with Crippen molar-refractivity contribution in [3.63, 3.8) is 0 Å². The first-order chi connectivity index (χ1) is 17.0. The summed E-state index contributed by atoms with van der Waals surface area (Å²) >= 11 is 0. The smallest absolute Gasteiger partial charge is 0.241 e. The summed E-state index contributed by atoms with van der Waals surface area (Å²) in [7, 11) is -3.65. The highest BCUT2D eigenvalue weighted by atomic mass is 32.2. The molecule has 9 nitrogen and oxygen atoms in total. The van der Waals surface area contributed by atoms with Gasteiger partial charge in [0.2, 0.25) is 16.0 Å². The van der Waals surface area contributed by atoms with Crippen molar-refractivity contribution in [3.8, 4) is 0 Å². The second-order valence-electron chi connectivity index (χ2n) is 9.74. The third-order valence-electron chi connectivity index (χ3n) is 5.16. The maximum Gasteiger partial charge on any atom is 0.241 e. The lowest BCUT2D eigenvalue weighted by atomic mass is 10.1. The van der Waals surface area contributed by atoms with E-state index in [-0.39, 0.29) is 4.90 Å². The van der Waals surface area contributed by atoms with Crippen molar-refractivity contribution in [2.45, 2.75) is 51.6 Å². The van der Waals surface area contributed by atoms with E-state index in [0.717, 1.165) is 29.1 Å². The van der Waals surface area contributed by atoms with E-state index in [1.165, 1.54) is 0 Å². The molecule has 0 fully saturated rings. The Hall–Kier alpha value is -3.76. The van der Waals surface area contributed by atoms with Crippen LogP contribution in [0.1, 0.15) is 37.6 Å². The van der Waals surface area contributed by atoms with Crippen molar-refractivity contribution in [1.29, 1.82) is 0 Å². The Morgan fingerprint density at radius 1 is 0.944 bits per heavy atom. The van der Waals surface area contributed by atoms with E-state index in [2.05, 4.69) is 30.3 Å². The van der Waals surface area contributed by atoms with Gasteiger partial charge in [-0.3, -0.25) is 0 Å². The minimum absolute atomic E-state index is 0.179. The predicted molar refractivity (Wildman–Crippen MR) is 142 cm³/mol. The molecule has 4 rings (SSSR count). The van der Waals surface area contributed by atoms with Gasteiger partial charge >= 0.3 is 0 Å². The predicted octanol–water partition coefficient (Wildman–Crippen LogP) is 4.90. The van der Waals surface area contributed by atoms with Crippen LogP contribution in [0.15, 0.2) is 72.1 Å². The number of aryl methyl sites for hydroxylation is 2. The molecular formula is C26H31N7O2S. The lowest BCUT2D eigenvalue weighted by Crippen LogP contribution is -2.40. The van der Waals surface area contributed by atoms with E-state index in [1.54, 1.807) is 51.2 Å². The zero-order valence-corrected chi connectivity index (χ0v) is 21.9. The van der Waals surface area contributed by atoms with Gasteiger partial charge < -0.3 is 15.2 Å². The van der Waals surface area contributed by atoms with Gasteiger partial charge in [0.15, 0.2) is 0 Å². The maximum absolute atomic E-state index is 12.7. The van der Waals surface area contributed by atoms with Crippen LogP contribution in [-0.4, -0.2) is 33.5 Å². The Kier molecular flexibility index (Phi) is 7.09. The first-order valence-corrected chi connectivity index (χ1v) is 13.0. The van der Waals surface area contributed by atoms with Crippen molar-refractivity contribution < 1.29 is 8.42 Å². The fraction of sp³-hybridized carbons (Fsp3) is 0.269. The van der Waals surface area contributed by atoms with Crippen LogP contribution < -0.4 is 15.4 Å². The van der Waals surface area contributed by atoms with E-state index in [1.807, 2.05) is 55.2 Å². The normalized spacial score (nSPS) is 11.9. The number of hydrogen-bond donors (Lipinski definition) is 3. The average molecular weight is 506 g/mol. The van der Waals surface area contributed by atoms with E-state index in [9.17, 15) is 8.42 Å². The summed E-state index contributed by atoms with van der Waals surface area (Å²) in [5, 5.41) is 6.45. The highest BCUT2D eigenvalue weighted by Gasteiger charge is 2.22. The van der Waals surface area contributed by atoms with Crippen LogP contribution in [0.2, 0.25) is 0 Å². The largest absolute Gasteiger partial charge is 0.340 e. The Morgan fingerprint density at radius 3 is 2.36 bits per heavy atom. The molecule has 10 heteroatoms. The number of rotatable bonds is 8. The van der Waals surface area contributed by atoms with Gasteiger partial charge in [-0.2, -0.15) is 4.98 Å². The monoisotopic (exact) mass is 505 g/mol. The molecule has 0 unspecified atom stereocenters. The van der Waals surface area contributed by atoms with E-state index in [4.69, 9.17) is 0 Å². The first kappa shape index (κ1) is 25.3. The fourth-order valence-corrected chi connectivity index (χ4v) is 5.02. The molecule has 2 aromatic carbocycles. The van der Waals surface area contributed by atoms with Crippen molar-refractivity contribution in [1.82, 2.24) is 24.2 Å². The van der Waals surface area contributed by atoms with Crippen LogP contribution in [0.4, 0.5) is 23.1 Å². The Balaban J connectivity index is 1.47. The molecule has 0 amide bonds. The van der Waals surface area contributed by atoms with Gasteiger partial charge in [-0.25, -0.2) is 23.1 Å². The average Bonchev–Trinajstić information content (AvgIpc) is 3.20. The minimum Gasteiger partial charge on any atom is -0.340 e. The molecule has 36 heavy (non-hydrogen) atoms. The van der Waals surface area contributed by atoms with Crippen LogP contribution in [0.3, 0.4) is 0 Å². The van der Waals surface area contributed by atoms with Gasteiger partial charge in [-0.1, -0.05) is 18.2 Å². The number of anilines is 4.